The Morgan fingerprint density at radius 3 is 2.22 bits per heavy atom. The highest BCUT2D eigenvalue weighted by molar-refractivity contribution is 7.80. The van der Waals surface area contributed by atoms with E-state index in [1.54, 1.807) is 0 Å². The third kappa shape index (κ3) is 4.79. The van der Waals surface area contributed by atoms with Crippen molar-refractivity contribution in [3.63, 3.8) is 0 Å². The van der Waals surface area contributed by atoms with Gasteiger partial charge < -0.3 is 4.74 Å². The number of thiol groups is 1. The van der Waals surface area contributed by atoms with E-state index >= 15 is 0 Å². The van der Waals surface area contributed by atoms with Crippen molar-refractivity contribution >= 4 is 12.6 Å². The molecule has 0 amide bonds. The molecule has 1 unspecified atom stereocenters. The first-order valence-electron chi connectivity index (χ1n) is 3.41. The smallest absolute Gasteiger partial charge is 0.0570 e. The summed E-state index contributed by atoms with van der Waals surface area (Å²) in [5.41, 5.74) is 0. The van der Waals surface area contributed by atoms with Gasteiger partial charge in [0, 0.05) is 5.75 Å². The Morgan fingerprint density at radius 1 is 1.33 bits per heavy atom. The molecule has 0 radical (unpaired) electrons. The molecule has 0 aromatic carbocycles. The second-order valence-electron chi connectivity index (χ2n) is 2.54. The fourth-order valence-corrected chi connectivity index (χ4v) is 0.536. The Hall–Kier alpha value is 0.310. The van der Waals surface area contributed by atoms with Gasteiger partial charge in [0.05, 0.1) is 12.7 Å². The third-order valence-electron chi connectivity index (χ3n) is 1.41. The van der Waals surface area contributed by atoms with Gasteiger partial charge in [-0.1, -0.05) is 13.8 Å². The van der Waals surface area contributed by atoms with Crippen LogP contribution in [0.1, 0.15) is 20.8 Å². The van der Waals surface area contributed by atoms with Crippen LogP contribution < -0.4 is 0 Å². The lowest BCUT2D eigenvalue weighted by atomic mass is 10.1. The van der Waals surface area contributed by atoms with Crippen molar-refractivity contribution in [3.05, 3.63) is 0 Å². The molecule has 0 heterocycles. The van der Waals surface area contributed by atoms with Crippen molar-refractivity contribution in [2.45, 2.75) is 26.9 Å². The summed E-state index contributed by atoms with van der Waals surface area (Å²) in [4.78, 5) is 0. The summed E-state index contributed by atoms with van der Waals surface area (Å²) in [7, 11) is 0. The lowest BCUT2D eigenvalue weighted by Gasteiger charge is -2.15. The lowest BCUT2D eigenvalue weighted by molar-refractivity contribution is 0.0462. The number of ether oxygens (including phenoxy) is 1. The molecule has 0 aromatic rings. The highest BCUT2D eigenvalue weighted by atomic mass is 32.1. The van der Waals surface area contributed by atoms with E-state index in [2.05, 4.69) is 33.4 Å². The first-order chi connectivity index (χ1) is 4.18. The van der Waals surface area contributed by atoms with Crippen LogP contribution in [0.2, 0.25) is 0 Å². The topological polar surface area (TPSA) is 9.23 Å². The maximum Gasteiger partial charge on any atom is 0.0570 e. The largest absolute Gasteiger partial charge is 0.377 e. The molecule has 0 aromatic heterocycles. The Morgan fingerprint density at radius 2 is 1.89 bits per heavy atom. The van der Waals surface area contributed by atoms with Crippen LogP contribution in [-0.4, -0.2) is 18.5 Å². The zero-order valence-electron chi connectivity index (χ0n) is 6.42. The molecule has 56 valence electrons. The first-order valence-corrected chi connectivity index (χ1v) is 4.04. The molecule has 0 rings (SSSR count). The van der Waals surface area contributed by atoms with Gasteiger partial charge in [0.15, 0.2) is 0 Å². The van der Waals surface area contributed by atoms with Gasteiger partial charge in [0.2, 0.25) is 0 Å². The van der Waals surface area contributed by atoms with Crippen molar-refractivity contribution in [2.75, 3.05) is 12.4 Å². The Balaban J connectivity index is 3.16. The summed E-state index contributed by atoms with van der Waals surface area (Å²) in [6, 6.07) is 0. The molecular formula is C7H16OS. The quantitative estimate of drug-likeness (QED) is 0.600. The normalized spacial score (nSPS) is 14.3. The van der Waals surface area contributed by atoms with Gasteiger partial charge in [-0.3, -0.25) is 0 Å². The van der Waals surface area contributed by atoms with E-state index in [9.17, 15) is 0 Å². The van der Waals surface area contributed by atoms with Crippen LogP contribution in [0, 0.1) is 5.92 Å². The second-order valence-corrected chi connectivity index (χ2v) is 2.99. The molecule has 0 aliphatic rings. The number of hydrogen-bond donors (Lipinski definition) is 1. The van der Waals surface area contributed by atoms with Gasteiger partial charge in [-0.15, -0.1) is 0 Å². The molecule has 1 nitrogen and oxygen atoms in total. The fourth-order valence-electron chi connectivity index (χ4n) is 0.431. The summed E-state index contributed by atoms with van der Waals surface area (Å²) >= 11 is 4.04. The summed E-state index contributed by atoms with van der Waals surface area (Å²) in [6.07, 6.45) is 0.372. The Kier molecular flexibility index (Phi) is 5.30. The van der Waals surface area contributed by atoms with Gasteiger partial charge in [-0.2, -0.15) is 12.6 Å². The SMILES string of the molecule is CC(C)C(C)OCCS. The van der Waals surface area contributed by atoms with Crippen molar-refractivity contribution < 1.29 is 4.74 Å². The predicted octanol–water partition coefficient (Wildman–Crippen LogP) is 1.98. The molecule has 0 saturated carbocycles. The van der Waals surface area contributed by atoms with E-state index in [1.807, 2.05) is 0 Å². The fraction of sp³-hybridized carbons (Fsp3) is 1.00. The van der Waals surface area contributed by atoms with E-state index in [0.29, 0.717) is 12.0 Å². The Bertz CT molecular complexity index is 63.9. The average molecular weight is 148 g/mol. The van der Waals surface area contributed by atoms with E-state index in [-0.39, 0.29) is 0 Å². The summed E-state index contributed by atoms with van der Waals surface area (Å²) < 4.78 is 5.38. The minimum Gasteiger partial charge on any atom is -0.377 e. The molecule has 0 spiro atoms. The van der Waals surface area contributed by atoms with Crippen LogP contribution in [0.5, 0.6) is 0 Å². The molecular weight excluding hydrogens is 132 g/mol. The van der Waals surface area contributed by atoms with Gasteiger partial charge in [-0.25, -0.2) is 0 Å². The highest BCUT2D eigenvalue weighted by Gasteiger charge is 2.04. The molecule has 9 heavy (non-hydrogen) atoms. The van der Waals surface area contributed by atoms with Crippen molar-refractivity contribution in [1.29, 1.82) is 0 Å². The van der Waals surface area contributed by atoms with Crippen LogP contribution in [0.4, 0.5) is 0 Å². The zero-order valence-corrected chi connectivity index (χ0v) is 7.32. The minimum atomic E-state index is 0.372. The second kappa shape index (κ2) is 5.12. The van der Waals surface area contributed by atoms with Gasteiger partial charge in [0.1, 0.15) is 0 Å². The minimum absolute atomic E-state index is 0.372. The molecule has 1 atom stereocenters. The maximum atomic E-state index is 5.38. The van der Waals surface area contributed by atoms with Crippen LogP contribution in [0.15, 0.2) is 0 Å². The van der Waals surface area contributed by atoms with E-state index < -0.39 is 0 Å². The molecule has 2 heteroatoms. The van der Waals surface area contributed by atoms with Crippen molar-refractivity contribution in [2.24, 2.45) is 5.92 Å². The summed E-state index contributed by atoms with van der Waals surface area (Å²) in [6.45, 7) is 7.17. The van der Waals surface area contributed by atoms with Gasteiger partial charge >= 0.3 is 0 Å². The number of rotatable bonds is 4. The van der Waals surface area contributed by atoms with Crippen molar-refractivity contribution in [3.8, 4) is 0 Å². The molecule has 0 N–H and O–H groups in total. The zero-order chi connectivity index (χ0) is 7.28. The number of hydrogen-bond acceptors (Lipinski definition) is 2. The molecule has 0 aliphatic heterocycles. The van der Waals surface area contributed by atoms with Crippen molar-refractivity contribution in [1.82, 2.24) is 0 Å². The van der Waals surface area contributed by atoms with Crippen LogP contribution in [0.25, 0.3) is 0 Å². The van der Waals surface area contributed by atoms with Crippen LogP contribution in [-0.2, 0) is 4.74 Å². The van der Waals surface area contributed by atoms with E-state index in [1.165, 1.54) is 0 Å². The monoisotopic (exact) mass is 148 g/mol. The highest BCUT2D eigenvalue weighted by Crippen LogP contribution is 2.04. The molecule has 0 fully saturated rings. The summed E-state index contributed by atoms with van der Waals surface area (Å²) in [5, 5.41) is 0. The molecule has 0 bridgehead atoms. The van der Waals surface area contributed by atoms with E-state index in [0.717, 1.165) is 12.4 Å². The van der Waals surface area contributed by atoms with E-state index in [4.69, 9.17) is 4.74 Å². The maximum absolute atomic E-state index is 5.38. The summed E-state index contributed by atoms with van der Waals surface area (Å²) in [5.74, 6) is 1.43. The Labute approximate surface area is 63.2 Å². The van der Waals surface area contributed by atoms with Gasteiger partial charge in [0.25, 0.3) is 0 Å². The lowest BCUT2D eigenvalue weighted by Crippen LogP contribution is -2.16. The standard InChI is InChI=1S/C7H16OS/c1-6(2)7(3)8-4-5-9/h6-7,9H,4-5H2,1-3H3. The first kappa shape index (κ1) is 9.31. The molecule has 0 aliphatic carbocycles. The van der Waals surface area contributed by atoms with Crippen LogP contribution >= 0.6 is 12.6 Å². The third-order valence-corrected chi connectivity index (χ3v) is 1.59. The predicted molar refractivity (Wildman–Crippen MR) is 44.1 cm³/mol. The van der Waals surface area contributed by atoms with Gasteiger partial charge in [-0.05, 0) is 12.8 Å². The molecule has 0 saturated heterocycles. The van der Waals surface area contributed by atoms with Crippen LogP contribution in [0.3, 0.4) is 0 Å². The average Bonchev–Trinajstić information content (AvgIpc) is 1.82.